The minimum Gasteiger partial charge on any atom is -0.236 e. The van der Waals surface area contributed by atoms with Crippen molar-refractivity contribution < 1.29 is 0 Å². The molecule has 0 saturated heterocycles. The molecule has 0 aliphatic heterocycles. The first-order chi connectivity index (χ1) is 3.83. The Kier molecular flexibility index (Phi) is 1.32. The van der Waals surface area contributed by atoms with Crippen molar-refractivity contribution in [3.63, 3.8) is 0 Å². The van der Waals surface area contributed by atoms with Crippen LogP contribution in [0.2, 0.25) is 0 Å². The number of hydrogen-bond acceptors (Lipinski definition) is 2. The molecule has 0 amide bonds. The Bertz CT molecular complexity index is 219. The summed E-state index contributed by atoms with van der Waals surface area (Å²) in [5.41, 5.74) is 0. The molecule has 0 fully saturated rings. The average molecular weight is 123 g/mol. The molecule has 0 radical (unpaired) electrons. The molecular weight excluding hydrogens is 118 g/mol. The normalized spacial score (nSPS) is 8.50. The zero-order chi connectivity index (χ0) is 5.98. The topological polar surface area (TPSA) is 12.9 Å². The first-order valence-electron chi connectivity index (χ1n) is 2.22. The SMILES string of the molecule is C#Cc1ncc(C)s1. The summed E-state index contributed by atoms with van der Waals surface area (Å²) in [6.45, 7) is 1.98. The predicted octanol–water partition coefficient (Wildman–Crippen LogP) is 1.43. The smallest absolute Gasteiger partial charge is 0.166 e. The quantitative estimate of drug-likeness (QED) is 0.475. The summed E-state index contributed by atoms with van der Waals surface area (Å²) in [4.78, 5) is 5.08. The van der Waals surface area contributed by atoms with Crippen LogP contribution in [-0.2, 0) is 0 Å². The monoisotopic (exact) mass is 123 g/mol. The molecule has 0 atom stereocenters. The fourth-order valence-corrected chi connectivity index (χ4v) is 0.996. The van der Waals surface area contributed by atoms with Gasteiger partial charge in [0.1, 0.15) is 0 Å². The molecule has 0 aliphatic carbocycles. The third-order valence-electron chi connectivity index (χ3n) is 0.745. The zero-order valence-electron chi connectivity index (χ0n) is 4.51. The van der Waals surface area contributed by atoms with Gasteiger partial charge in [0.05, 0.1) is 0 Å². The summed E-state index contributed by atoms with van der Waals surface area (Å²) < 4.78 is 0. The molecule has 0 aliphatic rings. The molecular formula is C6H5NS. The van der Waals surface area contributed by atoms with Crippen molar-refractivity contribution in [2.24, 2.45) is 0 Å². The van der Waals surface area contributed by atoms with E-state index in [-0.39, 0.29) is 0 Å². The molecule has 0 spiro atoms. The van der Waals surface area contributed by atoms with E-state index >= 15 is 0 Å². The highest BCUT2D eigenvalue weighted by molar-refractivity contribution is 7.12. The van der Waals surface area contributed by atoms with Gasteiger partial charge < -0.3 is 0 Å². The average Bonchev–Trinajstić information content (AvgIpc) is 2.14. The summed E-state index contributed by atoms with van der Waals surface area (Å²) in [7, 11) is 0. The summed E-state index contributed by atoms with van der Waals surface area (Å²) in [5.74, 6) is 2.46. The Labute approximate surface area is 52.4 Å². The van der Waals surface area contributed by atoms with E-state index in [1.54, 1.807) is 17.5 Å². The van der Waals surface area contributed by atoms with Crippen molar-refractivity contribution >= 4 is 11.3 Å². The van der Waals surface area contributed by atoms with Crippen LogP contribution in [0.15, 0.2) is 6.20 Å². The highest BCUT2D eigenvalue weighted by Crippen LogP contribution is 2.08. The summed E-state index contributed by atoms with van der Waals surface area (Å²) in [6.07, 6.45) is 6.84. The van der Waals surface area contributed by atoms with Crippen LogP contribution in [0.3, 0.4) is 0 Å². The third kappa shape index (κ3) is 0.877. The molecule has 0 aromatic carbocycles. The fourth-order valence-electron chi connectivity index (χ4n) is 0.421. The molecule has 1 aromatic heterocycles. The largest absolute Gasteiger partial charge is 0.236 e. The van der Waals surface area contributed by atoms with Gasteiger partial charge in [0.25, 0.3) is 0 Å². The van der Waals surface area contributed by atoms with Gasteiger partial charge in [-0.05, 0) is 12.8 Å². The van der Waals surface area contributed by atoms with Crippen LogP contribution in [0.4, 0.5) is 0 Å². The second-order valence-electron chi connectivity index (χ2n) is 1.42. The fraction of sp³-hybridized carbons (Fsp3) is 0.167. The number of nitrogens with zero attached hydrogens (tertiary/aromatic N) is 1. The molecule has 0 bridgehead atoms. The summed E-state index contributed by atoms with van der Waals surface area (Å²) in [6, 6.07) is 0. The standard InChI is InChI=1S/C6H5NS/c1-3-6-7-4-5(2)8-6/h1,4H,2H3. The van der Waals surface area contributed by atoms with E-state index in [9.17, 15) is 0 Å². The number of hydrogen-bond donors (Lipinski definition) is 0. The Balaban J connectivity index is 3.05. The van der Waals surface area contributed by atoms with Gasteiger partial charge in [-0.2, -0.15) is 0 Å². The number of rotatable bonds is 0. The van der Waals surface area contributed by atoms with Crippen LogP contribution in [-0.4, -0.2) is 4.98 Å². The lowest BCUT2D eigenvalue weighted by molar-refractivity contribution is 1.36. The minimum atomic E-state index is 0.766. The molecule has 1 aromatic rings. The van der Waals surface area contributed by atoms with Gasteiger partial charge >= 0.3 is 0 Å². The molecule has 1 nitrogen and oxygen atoms in total. The molecule has 0 unspecified atom stereocenters. The number of aryl methyl sites for hydroxylation is 1. The number of thiazole rings is 1. The lowest BCUT2D eigenvalue weighted by atomic mass is 10.6. The summed E-state index contributed by atoms with van der Waals surface area (Å²) in [5, 5.41) is 0.766. The highest BCUT2D eigenvalue weighted by atomic mass is 32.1. The van der Waals surface area contributed by atoms with Crippen molar-refractivity contribution in [2.75, 3.05) is 0 Å². The van der Waals surface area contributed by atoms with E-state index in [0.29, 0.717) is 0 Å². The third-order valence-corrected chi connectivity index (χ3v) is 1.59. The van der Waals surface area contributed by atoms with E-state index in [4.69, 9.17) is 6.42 Å². The Morgan fingerprint density at radius 1 is 1.88 bits per heavy atom. The molecule has 40 valence electrons. The second kappa shape index (κ2) is 1.97. The molecule has 0 saturated carbocycles. The van der Waals surface area contributed by atoms with Gasteiger partial charge in [0, 0.05) is 11.1 Å². The second-order valence-corrected chi connectivity index (χ2v) is 2.66. The maximum Gasteiger partial charge on any atom is 0.166 e. The molecule has 2 heteroatoms. The van der Waals surface area contributed by atoms with Crippen molar-refractivity contribution in [2.45, 2.75) is 6.92 Å². The van der Waals surface area contributed by atoms with Crippen LogP contribution in [0.5, 0.6) is 0 Å². The minimum absolute atomic E-state index is 0.766. The summed E-state index contributed by atoms with van der Waals surface area (Å²) >= 11 is 1.54. The highest BCUT2D eigenvalue weighted by Gasteiger charge is 1.89. The van der Waals surface area contributed by atoms with E-state index in [0.717, 1.165) is 9.88 Å². The van der Waals surface area contributed by atoms with Gasteiger partial charge in [0.15, 0.2) is 5.01 Å². The van der Waals surface area contributed by atoms with Crippen LogP contribution < -0.4 is 0 Å². The molecule has 1 rings (SSSR count). The Hall–Kier alpha value is -0.810. The van der Waals surface area contributed by atoms with E-state index in [2.05, 4.69) is 10.9 Å². The van der Waals surface area contributed by atoms with Crippen molar-refractivity contribution in [3.05, 3.63) is 16.1 Å². The van der Waals surface area contributed by atoms with Crippen molar-refractivity contribution in [1.82, 2.24) is 4.98 Å². The van der Waals surface area contributed by atoms with Crippen molar-refractivity contribution in [3.8, 4) is 12.3 Å². The van der Waals surface area contributed by atoms with Crippen LogP contribution in [0.25, 0.3) is 0 Å². The van der Waals surface area contributed by atoms with Crippen molar-refractivity contribution in [1.29, 1.82) is 0 Å². The van der Waals surface area contributed by atoms with Crippen LogP contribution in [0.1, 0.15) is 9.88 Å². The lowest BCUT2D eigenvalue weighted by Crippen LogP contribution is -1.61. The van der Waals surface area contributed by atoms with Crippen LogP contribution in [0, 0.1) is 19.3 Å². The maximum atomic E-state index is 5.06. The molecule has 1 heterocycles. The van der Waals surface area contributed by atoms with Gasteiger partial charge in [-0.15, -0.1) is 17.8 Å². The first kappa shape index (κ1) is 5.33. The van der Waals surface area contributed by atoms with E-state index < -0.39 is 0 Å². The van der Waals surface area contributed by atoms with Gasteiger partial charge in [-0.25, -0.2) is 4.98 Å². The van der Waals surface area contributed by atoms with Gasteiger partial charge in [-0.3, -0.25) is 0 Å². The van der Waals surface area contributed by atoms with Gasteiger partial charge in [0.2, 0.25) is 0 Å². The number of terminal acetylenes is 1. The molecule has 0 N–H and O–H groups in total. The molecule has 8 heavy (non-hydrogen) atoms. The van der Waals surface area contributed by atoms with Crippen LogP contribution >= 0.6 is 11.3 Å². The first-order valence-corrected chi connectivity index (χ1v) is 3.03. The zero-order valence-corrected chi connectivity index (χ0v) is 5.33. The lowest BCUT2D eigenvalue weighted by Gasteiger charge is -1.68. The number of aromatic nitrogens is 1. The Morgan fingerprint density at radius 3 is 2.88 bits per heavy atom. The van der Waals surface area contributed by atoms with E-state index in [1.165, 1.54) is 0 Å². The Morgan fingerprint density at radius 2 is 2.62 bits per heavy atom. The maximum absolute atomic E-state index is 5.06. The van der Waals surface area contributed by atoms with Gasteiger partial charge in [-0.1, -0.05) is 0 Å². The predicted molar refractivity (Wildman–Crippen MR) is 34.8 cm³/mol. The van der Waals surface area contributed by atoms with E-state index in [1.807, 2.05) is 6.92 Å².